The third kappa shape index (κ3) is 5.03. The van der Waals surface area contributed by atoms with Crippen LogP contribution in [0.5, 0.6) is 5.75 Å². The summed E-state index contributed by atoms with van der Waals surface area (Å²) in [6.45, 7) is 0.894. The van der Waals surface area contributed by atoms with E-state index < -0.39 is 0 Å². The van der Waals surface area contributed by atoms with Crippen LogP contribution in [0.4, 0.5) is 0 Å². The van der Waals surface area contributed by atoms with E-state index in [1.807, 2.05) is 72.8 Å². The topological polar surface area (TPSA) is 57.4 Å². The molecule has 0 atom stereocenters. The van der Waals surface area contributed by atoms with E-state index in [1.54, 1.807) is 12.3 Å². The average Bonchev–Trinajstić information content (AvgIpc) is 2.82. The van der Waals surface area contributed by atoms with E-state index in [-0.39, 0.29) is 0 Å². The molecule has 0 bridgehead atoms. The molecule has 4 aromatic rings. The number of benzene rings is 4. The third-order valence-corrected chi connectivity index (χ3v) is 5.19. The zero-order valence-corrected chi connectivity index (χ0v) is 17.5. The lowest BCUT2D eigenvalue weighted by molar-refractivity contribution is 0.306. The Balaban J connectivity index is 1.56. The quantitative estimate of drug-likeness (QED) is 0.289. The first-order valence-electron chi connectivity index (χ1n) is 9.87. The summed E-state index contributed by atoms with van der Waals surface area (Å²) in [6, 6.07) is 29.4. The Morgan fingerprint density at radius 1 is 0.935 bits per heavy atom. The highest BCUT2D eigenvalue weighted by atomic mass is 35.5. The Morgan fingerprint density at radius 3 is 2.55 bits per heavy atom. The molecule has 0 aliphatic heterocycles. The molecule has 0 aromatic heterocycles. The lowest BCUT2D eigenvalue weighted by atomic mass is 10.0. The van der Waals surface area contributed by atoms with Gasteiger partial charge in [0.05, 0.1) is 24.4 Å². The molecule has 0 aliphatic rings. The minimum absolute atomic E-state index is 0.307. The van der Waals surface area contributed by atoms with Gasteiger partial charge in [-0.15, -0.1) is 0 Å². The maximum atomic E-state index is 9.32. The minimum atomic E-state index is 0.307. The largest absolute Gasteiger partial charge is 0.488 e. The van der Waals surface area contributed by atoms with Crippen LogP contribution >= 0.6 is 11.6 Å². The van der Waals surface area contributed by atoms with Gasteiger partial charge < -0.3 is 10.2 Å². The number of hydrogen-bond acceptors (Lipinski definition) is 4. The first-order chi connectivity index (χ1) is 15.2. The van der Waals surface area contributed by atoms with Crippen molar-refractivity contribution in [2.24, 2.45) is 5.10 Å². The number of fused-ring (bicyclic) bond motifs is 1. The van der Waals surface area contributed by atoms with Crippen molar-refractivity contribution in [1.82, 2.24) is 5.43 Å². The van der Waals surface area contributed by atoms with E-state index in [9.17, 15) is 5.26 Å². The summed E-state index contributed by atoms with van der Waals surface area (Å²) in [5.74, 6) is 0.712. The second-order valence-corrected chi connectivity index (χ2v) is 7.41. The molecule has 31 heavy (non-hydrogen) atoms. The molecule has 0 saturated carbocycles. The molecule has 0 radical (unpaired) electrons. The van der Waals surface area contributed by atoms with E-state index in [0.717, 1.165) is 27.5 Å². The molecule has 0 amide bonds. The molecule has 0 saturated heterocycles. The zero-order chi connectivity index (χ0) is 21.5. The number of nitrogens with zero attached hydrogens (tertiary/aromatic N) is 2. The van der Waals surface area contributed by atoms with Crippen molar-refractivity contribution in [2.45, 2.75) is 13.2 Å². The van der Waals surface area contributed by atoms with E-state index >= 15 is 0 Å². The summed E-state index contributed by atoms with van der Waals surface area (Å²) in [5, 5.41) is 16.6. The van der Waals surface area contributed by atoms with Crippen LogP contribution in [0, 0.1) is 11.3 Å². The molecule has 152 valence electrons. The van der Waals surface area contributed by atoms with Gasteiger partial charge in [-0.3, -0.25) is 0 Å². The Kier molecular flexibility index (Phi) is 6.47. The van der Waals surface area contributed by atoms with Gasteiger partial charge in [0, 0.05) is 16.1 Å². The summed E-state index contributed by atoms with van der Waals surface area (Å²) in [4.78, 5) is 0. The van der Waals surface area contributed by atoms with Crippen molar-refractivity contribution in [2.75, 3.05) is 0 Å². The van der Waals surface area contributed by atoms with Gasteiger partial charge in [-0.25, -0.2) is 0 Å². The van der Waals surface area contributed by atoms with Crippen molar-refractivity contribution in [3.05, 3.63) is 112 Å². The van der Waals surface area contributed by atoms with Crippen LogP contribution in [0.25, 0.3) is 10.8 Å². The predicted molar refractivity (Wildman–Crippen MR) is 125 cm³/mol. The molecule has 0 fully saturated rings. The predicted octanol–water partition coefficient (Wildman–Crippen LogP) is 6.07. The molecular weight excluding hydrogens is 406 g/mol. The first-order valence-corrected chi connectivity index (χ1v) is 10.3. The molecule has 4 nitrogen and oxygen atoms in total. The van der Waals surface area contributed by atoms with E-state index in [0.29, 0.717) is 29.5 Å². The van der Waals surface area contributed by atoms with Gasteiger partial charge in [-0.1, -0.05) is 72.3 Å². The Morgan fingerprint density at radius 2 is 1.71 bits per heavy atom. The lowest BCUT2D eigenvalue weighted by Gasteiger charge is -2.12. The summed E-state index contributed by atoms with van der Waals surface area (Å²) in [7, 11) is 0. The number of nitrogens with one attached hydrogen (secondary N) is 1. The van der Waals surface area contributed by atoms with Crippen molar-refractivity contribution < 1.29 is 4.74 Å². The fraction of sp³-hybridized carbons (Fsp3) is 0.0769. The summed E-state index contributed by atoms with van der Waals surface area (Å²) >= 11 is 5.94. The number of hydrazone groups is 1. The van der Waals surface area contributed by atoms with Gasteiger partial charge in [-0.05, 0) is 40.6 Å². The molecular formula is C26H20ClN3O. The fourth-order valence-electron chi connectivity index (χ4n) is 3.29. The van der Waals surface area contributed by atoms with Gasteiger partial charge in [0.25, 0.3) is 0 Å². The van der Waals surface area contributed by atoms with Gasteiger partial charge >= 0.3 is 0 Å². The van der Waals surface area contributed by atoms with Crippen molar-refractivity contribution in [3.63, 3.8) is 0 Å². The van der Waals surface area contributed by atoms with Crippen LogP contribution in [0.15, 0.2) is 90.0 Å². The SMILES string of the molecule is N#Cc1ccccc1COc1ccc2ccccc2c1/C=N\NCc1ccc(Cl)cc1. The first kappa shape index (κ1) is 20.5. The average molecular weight is 426 g/mol. The second-order valence-electron chi connectivity index (χ2n) is 6.98. The van der Waals surface area contributed by atoms with Crippen molar-refractivity contribution in [1.29, 1.82) is 5.26 Å². The van der Waals surface area contributed by atoms with Gasteiger partial charge in [0.15, 0.2) is 0 Å². The number of hydrogen-bond donors (Lipinski definition) is 1. The van der Waals surface area contributed by atoms with Gasteiger partial charge in [0.1, 0.15) is 12.4 Å². The highest BCUT2D eigenvalue weighted by Crippen LogP contribution is 2.27. The van der Waals surface area contributed by atoms with Crippen LogP contribution in [-0.2, 0) is 13.2 Å². The number of nitriles is 1. The van der Waals surface area contributed by atoms with E-state index in [4.69, 9.17) is 16.3 Å². The molecule has 0 heterocycles. The van der Waals surface area contributed by atoms with Crippen molar-refractivity contribution in [3.8, 4) is 11.8 Å². The van der Waals surface area contributed by atoms with Crippen molar-refractivity contribution >= 4 is 28.6 Å². The van der Waals surface area contributed by atoms with E-state index in [2.05, 4.69) is 22.7 Å². The maximum absolute atomic E-state index is 9.32. The normalized spacial score (nSPS) is 10.8. The van der Waals surface area contributed by atoms with Crippen LogP contribution < -0.4 is 10.2 Å². The molecule has 0 unspecified atom stereocenters. The second kappa shape index (κ2) is 9.80. The Labute approximate surface area is 186 Å². The molecule has 5 heteroatoms. The minimum Gasteiger partial charge on any atom is -0.488 e. The fourth-order valence-corrected chi connectivity index (χ4v) is 3.42. The summed E-state index contributed by atoms with van der Waals surface area (Å²) in [6.07, 6.45) is 1.78. The van der Waals surface area contributed by atoms with Crippen LogP contribution in [0.2, 0.25) is 5.02 Å². The van der Waals surface area contributed by atoms with Crippen LogP contribution in [-0.4, -0.2) is 6.21 Å². The summed E-state index contributed by atoms with van der Waals surface area (Å²) < 4.78 is 6.12. The number of rotatable bonds is 7. The van der Waals surface area contributed by atoms with Gasteiger partial charge in [-0.2, -0.15) is 10.4 Å². The standard InChI is InChI=1S/C26H20ClN3O/c27-23-12-9-19(10-13-23)16-29-30-17-25-24-8-4-3-5-20(24)11-14-26(25)31-18-22-7-2-1-6-21(22)15-28/h1-14,17,29H,16,18H2/b30-17-. The van der Waals surface area contributed by atoms with Crippen LogP contribution in [0.3, 0.4) is 0 Å². The van der Waals surface area contributed by atoms with E-state index in [1.165, 1.54) is 0 Å². The monoisotopic (exact) mass is 425 g/mol. The zero-order valence-electron chi connectivity index (χ0n) is 16.8. The molecule has 1 N–H and O–H groups in total. The lowest BCUT2D eigenvalue weighted by Crippen LogP contribution is -2.06. The highest BCUT2D eigenvalue weighted by molar-refractivity contribution is 6.30. The Hall–Kier alpha value is -3.81. The highest BCUT2D eigenvalue weighted by Gasteiger charge is 2.09. The third-order valence-electron chi connectivity index (χ3n) is 4.93. The van der Waals surface area contributed by atoms with Crippen LogP contribution in [0.1, 0.15) is 22.3 Å². The number of halogens is 1. The molecule has 0 spiro atoms. The Bertz CT molecular complexity index is 1260. The maximum Gasteiger partial charge on any atom is 0.129 e. The smallest absolute Gasteiger partial charge is 0.129 e. The molecule has 4 aromatic carbocycles. The number of ether oxygens (including phenoxy) is 1. The molecule has 4 rings (SSSR count). The van der Waals surface area contributed by atoms with Gasteiger partial charge in [0.2, 0.25) is 0 Å². The summed E-state index contributed by atoms with van der Waals surface area (Å²) in [5.41, 5.74) is 6.52. The molecule has 0 aliphatic carbocycles.